The van der Waals surface area contributed by atoms with E-state index < -0.39 is 0 Å². The summed E-state index contributed by atoms with van der Waals surface area (Å²) in [6.07, 6.45) is 2.48. The molecule has 0 bridgehead atoms. The molecule has 0 N–H and O–H groups in total. The van der Waals surface area contributed by atoms with E-state index >= 15 is 0 Å². The van der Waals surface area contributed by atoms with Crippen molar-refractivity contribution in [1.82, 2.24) is 0 Å². The Bertz CT molecular complexity index is 108. The summed E-state index contributed by atoms with van der Waals surface area (Å²) in [4.78, 5) is 0. The predicted octanol–water partition coefficient (Wildman–Crippen LogP) is 2.09. The lowest BCUT2D eigenvalue weighted by atomic mass is 10.1. The van der Waals surface area contributed by atoms with Crippen molar-refractivity contribution in [2.24, 2.45) is 11.8 Å². The van der Waals surface area contributed by atoms with Crippen LogP contribution < -0.4 is 0 Å². The number of rotatable bonds is 6. The number of ether oxygens (including phenoxy) is 2. The second-order valence-electron chi connectivity index (χ2n) is 4.01. The minimum Gasteiger partial charge on any atom is -0.381 e. The van der Waals surface area contributed by atoms with Gasteiger partial charge >= 0.3 is 0 Å². The molecular weight excluding hydrogens is 152 g/mol. The lowest BCUT2D eigenvalue weighted by molar-refractivity contribution is -0.0719. The van der Waals surface area contributed by atoms with E-state index in [1.54, 1.807) is 0 Å². The van der Waals surface area contributed by atoms with Gasteiger partial charge in [-0.25, -0.2) is 0 Å². The second kappa shape index (κ2) is 5.55. The first-order valence-corrected chi connectivity index (χ1v) is 4.94. The van der Waals surface area contributed by atoms with Crippen LogP contribution in [-0.4, -0.2) is 26.4 Å². The largest absolute Gasteiger partial charge is 0.381 e. The first-order valence-electron chi connectivity index (χ1n) is 4.94. The maximum atomic E-state index is 5.51. The van der Waals surface area contributed by atoms with Crippen LogP contribution in [-0.2, 0) is 9.47 Å². The van der Waals surface area contributed by atoms with Gasteiger partial charge in [0.15, 0.2) is 0 Å². The van der Waals surface area contributed by atoms with Crippen LogP contribution in [0.5, 0.6) is 0 Å². The van der Waals surface area contributed by atoms with Crippen molar-refractivity contribution in [3.8, 4) is 0 Å². The molecule has 1 rings (SSSR count). The van der Waals surface area contributed by atoms with E-state index in [-0.39, 0.29) is 0 Å². The monoisotopic (exact) mass is 172 g/mol. The molecule has 0 saturated carbocycles. The minimum absolute atomic E-state index is 0.684. The van der Waals surface area contributed by atoms with Gasteiger partial charge in [-0.2, -0.15) is 0 Å². The third-order valence-electron chi connectivity index (χ3n) is 2.13. The average Bonchev–Trinajstić information content (AvgIpc) is 1.92. The Morgan fingerprint density at radius 1 is 1.42 bits per heavy atom. The van der Waals surface area contributed by atoms with Gasteiger partial charge in [-0.05, 0) is 18.8 Å². The summed E-state index contributed by atoms with van der Waals surface area (Å²) in [5.41, 5.74) is 0. The van der Waals surface area contributed by atoms with E-state index in [9.17, 15) is 0 Å². The van der Waals surface area contributed by atoms with E-state index in [1.807, 2.05) is 0 Å². The van der Waals surface area contributed by atoms with Gasteiger partial charge in [0, 0.05) is 12.5 Å². The topological polar surface area (TPSA) is 18.5 Å². The molecule has 1 heterocycles. The molecule has 1 aliphatic heterocycles. The van der Waals surface area contributed by atoms with Crippen LogP contribution in [0.2, 0.25) is 0 Å². The fourth-order valence-electron chi connectivity index (χ4n) is 1.22. The highest BCUT2D eigenvalue weighted by molar-refractivity contribution is 4.63. The Morgan fingerprint density at radius 2 is 2.17 bits per heavy atom. The molecule has 12 heavy (non-hydrogen) atoms. The molecular formula is C10H20O2. The predicted molar refractivity (Wildman–Crippen MR) is 49.2 cm³/mol. The van der Waals surface area contributed by atoms with E-state index in [4.69, 9.17) is 9.47 Å². The normalized spacial score (nSPS) is 18.2. The van der Waals surface area contributed by atoms with Crippen LogP contribution >= 0.6 is 0 Å². The van der Waals surface area contributed by atoms with Crippen LogP contribution in [0.15, 0.2) is 0 Å². The molecule has 0 atom stereocenters. The third-order valence-corrected chi connectivity index (χ3v) is 2.13. The quantitative estimate of drug-likeness (QED) is 0.571. The maximum Gasteiger partial charge on any atom is 0.0538 e. The Balaban J connectivity index is 1.76. The van der Waals surface area contributed by atoms with Crippen molar-refractivity contribution in [2.75, 3.05) is 26.4 Å². The zero-order valence-electron chi connectivity index (χ0n) is 8.21. The molecule has 0 spiro atoms. The Hall–Kier alpha value is -0.0800. The van der Waals surface area contributed by atoms with Crippen LogP contribution in [0.1, 0.15) is 26.7 Å². The van der Waals surface area contributed by atoms with Gasteiger partial charge in [0.2, 0.25) is 0 Å². The van der Waals surface area contributed by atoms with Crippen molar-refractivity contribution in [1.29, 1.82) is 0 Å². The molecule has 0 amide bonds. The molecule has 1 saturated heterocycles. The molecule has 2 nitrogen and oxygen atoms in total. The summed E-state index contributed by atoms with van der Waals surface area (Å²) in [5, 5.41) is 0. The maximum absolute atomic E-state index is 5.51. The van der Waals surface area contributed by atoms with Gasteiger partial charge in [0.1, 0.15) is 0 Å². The van der Waals surface area contributed by atoms with Crippen molar-refractivity contribution < 1.29 is 9.47 Å². The first-order chi connectivity index (χ1) is 5.79. The zero-order valence-corrected chi connectivity index (χ0v) is 8.21. The third kappa shape index (κ3) is 4.07. The summed E-state index contributed by atoms with van der Waals surface area (Å²) in [5.74, 6) is 1.49. The minimum atomic E-state index is 0.684. The lowest BCUT2D eigenvalue weighted by Crippen LogP contribution is -2.31. The Kier molecular flexibility index (Phi) is 4.62. The molecule has 0 aromatic carbocycles. The van der Waals surface area contributed by atoms with E-state index in [0.29, 0.717) is 5.92 Å². The van der Waals surface area contributed by atoms with Crippen molar-refractivity contribution in [3.05, 3.63) is 0 Å². The standard InChI is InChI=1S/C10H20O2/c1-9(2)4-3-5-11-6-10-7-12-8-10/h9-10H,3-8H2,1-2H3. The van der Waals surface area contributed by atoms with Gasteiger partial charge in [-0.3, -0.25) is 0 Å². The molecule has 0 aromatic heterocycles. The van der Waals surface area contributed by atoms with E-state index in [1.165, 1.54) is 12.8 Å². The summed E-state index contributed by atoms with van der Waals surface area (Å²) >= 11 is 0. The molecule has 1 fully saturated rings. The highest BCUT2D eigenvalue weighted by Crippen LogP contribution is 2.10. The summed E-state index contributed by atoms with van der Waals surface area (Å²) in [6.45, 7) is 8.14. The fraction of sp³-hybridized carbons (Fsp3) is 1.00. The van der Waals surface area contributed by atoms with E-state index in [0.717, 1.165) is 32.3 Å². The first kappa shape index (κ1) is 10.0. The summed E-state index contributed by atoms with van der Waals surface area (Å²) < 4.78 is 10.6. The number of hydrogen-bond donors (Lipinski definition) is 0. The highest BCUT2D eigenvalue weighted by Gasteiger charge is 2.17. The smallest absolute Gasteiger partial charge is 0.0538 e. The molecule has 0 radical (unpaired) electrons. The van der Waals surface area contributed by atoms with Crippen LogP contribution in [0.25, 0.3) is 0 Å². The van der Waals surface area contributed by atoms with Gasteiger partial charge in [0.05, 0.1) is 19.8 Å². The van der Waals surface area contributed by atoms with Crippen LogP contribution in [0, 0.1) is 11.8 Å². The molecule has 72 valence electrons. The average molecular weight is 172 g/mol. The summed E-state index contributed by atoms with van der Waals surface area (Å²) in [6, 6.07) is 0. The Labute approximate surface area is 75.2 Å². The lowest BCUT2D eigenvalue weighted by Gasteiger charge is -2.25. The molecule has 0 unspecified atom stereocenters. The summed E-state index contributed by atoms with van der Waals surface area (Å²) in [7, 11) is 0. The van der Waals surface area contributed by atoms with Gasteiger partial charge < -0.3 is 9.47 Å². The van der Waals surface area contributed by atoms with Crippen molar-refractivity contribution >= 4 is 0 Å². The van der Waals surface area contributed by atoms with Gasteiger partial charge in [-0.15, -0.1) is 0 Å². The molecule has 0 aromatic rings. The molecule has 2 heteroatoms. The Morgan fingerprint density at radius 3 is 2.67 bits per heavy atom. The van der Waals surface area contributed by atoms with Crippen molar-refractivity contribution in [3.63, 3.8) is 0 Å². The molecule has 1 aliphatic rings. The number of hydrogen-bond acceptors (Lipinski definition) is 2. The van der Waals surface area contributed by atoms with Gasteiger partial charge in [0.25, 0.3) is 0 Å². The second-order valence-corrected chi connectivity index (χ2v) is 4.01. The van der Waals surface area contributed by atoms with Crippen molar-refractivity contribution in [2.45, 2.75) is 26.7 Å². The van der Waals surface area contributed by atoms with Gasteiger partial charge in [-0.1, -0.05) is 13.8 Å². The van der Waals surface area contributed by atoms with Crippen LogP contribution in [0.4, 0.5) is 0 Å². The highest BCUT2D eigenvalue weighted by atomic mass is 16.5. The zero-order chi connectivity index (χ0) is 8.81. The van der Waals surface area contributed by atoms with E-state index in [2.05, 4.69) is 13.8 Å². The fourth-order valence-corrected chi connectivity index (χ4v) is 1.22. The van der Waals surface area contributed by atoms with Crippen LogP contribution in [0.3, 0.4) is 0 Å². The SMILES string of the molecule is CC(C)CCCOCC1COC1. The molecule has 0 aliphatic carbocycles.